The van der Waals surface area contributed by atoms with Crippen LogP contribution in [0.3, 0.4) is 0 Å². The summed E-state index contributed by atoms with van der Waals surface area (Å²) in [5, 5.41) is 3.33. The van der Waals surface area contributed by atoms with E-state index in [0.29, 0.717) is 5.88 Å². The topological polar surface area (TPSA) is 34.2 Å². The number of aromatic nitrogens is 1. The van der Waals surface area contributed by atoms with Gasteiger partial charge in [0.15, 0.2) is 0 Å². The van der Waals surface area contributed by atoms with Crippen molar-refractivity contribution in [3.05, 3.63) is 23.9 Å². The number of pyridine rings is 1. The van der Waals surface area contributed by atoms with Crippen LogP contribution in [0.5, 0.6) is 5.88 Å². The third-order valence-corrected chi connectivity index (χ3v) is 2.83. The maximum Gasteiger partial charge on any atom is 0.217 e. The lowest BCUT2D eigenvalue weighted by atomic mass is 10.2. The van der Waals surface area contributed by atoms with Crippen LogP contribution >= 0.6 is 11.8 Å². The normalized spacial score (nSPS) is 9.75. The minimum Gasteiger partial charge on any atom is -0.481 e. The molecule has 0 unspecified atom stereocenters. The monoisotopic (exact) mass is 236 g/mol. The van der Waals surface area contributed by atoms with Gasteiger partial charge in [-0.1, -0.05) is 12.0 Å². The predicted molar refractivity (Wildman–Crippen MR) is 68.7 cm³/mol. The first-order chi connectivity index (χ1) is 7.88. The lowest BCUT2D eigenvalue weighted by molar-refractivity contribution is 0.391. The van der Waals surface area contributed by atoms with Gasteiger partial charge in [0.05, 0.1) is 12.9 Å². The second-order valence-corrected chi connectivity index (χ2v) is 4.21. The summed E-state index contributed by atoms with van der Waals surface area (Å²) in [7, 11) is 1.63. The van der Waals surface area contributed by atoms with Crippen molar-refractivity contribution in [1.82, 2.24) is 10.3 Å². The van der Waals surface area contributed by atoms with Crippen molar-refractivity contribution in [2.75, 3.05) is 25.2 Å². The van der Waals surface area contributed by atoms with E-state index in [4.69, 9.17) is 11.2 Å². The summed E-state index contributed by atoms with van der Waals surface area (Å²) in [5.74, 6) is 5.08. The maximum absolute atomic E-state index is 5.16. The standard InChI is InChI=1S/C12H16N2OS/c1-3-8-16-9-7-13-10-11-5-4-6-14-12(11)15-2/h1,4-6,13H,7-10H2,2H3. The summed E-state index contributed by atoms with van der Waals surface area (Å²) < 4.78 is 5.16. The fourth-order valence-electron chi connectivity index (χ4n) is 1.24. The largest absolute Gasteiger partial charge is 0.481 e. The highest BCUT2D eigenvalue weighted by molar-refractivity contribution is 7.99. The minimum absolute atomic E-state index is 0.686. The van der Waals surface area contributed by atoms with Crippen LogP contribution in [0.2, 0.25) is 0 Å². The molecular weight excluding hydrogens is 220 g/mol. The van der Waals surface area contributed by atoms with E-state index in [0.717, 1.165) is 30.2 Å². The van der Waals surface area contributed by atoms with Gasteiger partial charge in [0.2, 0.25) is 5.88 Å². The van der Waals surface area contributed by atoms with E-state index in [1.165, 1.54) is 0 Å². The summed E-state index contributed by atoms with van der Waals surface area (Å²) in [6.45, 7) is 1.71. The molecule has 0 aliphatic carbocycles. The number of nitrogens with one attached hydrogen (secondary N) is 1. The molecule has 0 atom stereocenters. The molecule has 0 radical (unpaired) electrons. The van der Waals surface area contributed by atoms with Gasteiger partial charge in [-0.15, -0.1) is 18.2 Å². The van der Waals surface area contributed by atoms with Gasteiger partial charge in [0.25, 0.3) is 0 Å². The van der Waals surface area contributed by atoms with Crippen molar-refractivity contribution in [2.45, 2.75) is 6.54 Å². The molecule has 0 spiro atoms. The molecule has 0 amide bonds. The van der Waals surface area contributed by atoms with Crippen LogP contribution in [-0.2, 0) is 6.54 Å². The van der Waals surface area contributed by atoms with E-state index in [9.17, 15) is 0 Å². The average Bonchev–Trinajstić information content (AvgIpc) is 2.34. The zero-order valence-electron chi connectivity index (χ0n) is 9.40. The van der Waals surface area contributed by atoms with E-state index in [2.05, 4.69) is 16.2 Å². The summed E-state index contributed by atoms with van der Waals surface area (Å²) in [6, 6.07) is 3.92. The fraction of sp³-hybridized carbons (Fsp3) is 0.417. The predicted octanol–water partition coefficient (Wildman–Crippen LogP) is 1.55. The van der Waals surface area contributed by atoms with E-state index in [-0.39, 0.29) is 0 Å². The lowest BCUT2D eigenvalue weighted by Gasteiger charge is -2.07. The zero-order chi connectivity index (χ0) is 11.6. The van der Waals surface area contributed by atoms with Crippen LogP contribution < -0.4 is 10.1 Å². The molecule has 0 saturated carbocycles. The second-order valence-electron chi connectivity index (χ2n) is 3.11. The first kappa shape index (κ1) is 12.9. The van der Waals surface area contributed by atoms with Crippen LogP contribution in [0, 0.1) is 12.3 Å². The molecule has 1 rings (SSSR count). The summed E-state index contributed by atoms with van der Waals surface area (Å²) >= 11 is 1.75. The Morgan fingerprint density at radius 1 is 1.62 bits per heavy atom. The highest BCUT2D eigenvalue weighted by Crippen LogP contribution is 2.12. The molecule has 0 aliphatic rings. The minimum atomic E-state index is 0.686. The third kappa shape index (κ3) is 4.56. The first-order valence-corrected chi connectivity index (χ1v) is 6.23. The van der Waals surface area contributed by atoms with Crippen molar-refractivity contribution in [1.29, 1.82) is 0 Å². The molecule has 3 nitrogen and oxygen atoms in total. The molecule has 1 aromatic rings. The number of methoxy groups -OCH3 is 1. The molecule has 0 aliphatic heterocycles. The first-order valence-electron chi connectivity index (χ1n) is 5.08. The Hall–Kier alpha value is -1.18. The van der Waals surface area contributed by atoms with E-state index in [1.807, 2.05) is 12.1 Å². The smallest absolute Gasteiger partial charge is 0.217 e. The van der Waals surface area contributed by atoms with Crippen molar-refractivity contribution in [3.8, 4) is 18.2 Å². The van der Waals surface area contributed by atoms with Crippen molar-refractivity contribution in [3.63, 3.8) is 0 Å². The van der Waals surface area contributed by atoms with Gasteiger partial charge < -0.3 is 10.1 Å². The van der Waals surface area contributed by atoms with Gasteiger partial charge in [-0.3, -0.25) is 0 Å². The van der Waals surface area contributed by atoms with Crippen molar-refractivity contribution < 1.29 is 4.74 Å². The van der Waals surface area contributed by atoms with Gasteiger partial charge in [0.1, 0.15) is 0 Å². The molecule has 0 bridgehead atoms. The molecule has 86 valence electrons. The second kappa shape index (κ2) is 8.03. The number of hydrogen-bond donors (Lipinski definition) is 1. The van der Waals surface area contributed by atoms with Crippen LogP contribution in [0.1, 0.15) is 5.56 Å². The highest BCUT2D eigenvalue weighted by atomic mass is 32.2. The molecule has 16 heavy (non-hydrogen) atoms. The average molecular weight is 236 g/mol. The molecule has 0 aromatic carbocycles. The van der Waals surface area contributed by atoms with E-state index >= 15 is 0 Å². The number of ether oxygens (including phenoxy) is 1. The summed E-state index contributed by atoms with van der Waals surface area (Å²) in [4.78, 5) is 4.13. The number of thioether (sulfide) groups is 1. The van der Waals surface area contributed by atoms with Crippen LogP contribution in [0.25, 0.3) is 0 Å². The molecule has 0 fully saturated rings. The van der Waals surface area contributed by atoms with Gasteiger partial charge in [0, 0.05) is 30.6 Å². The quantitative estimate of drug-likeness (QED) is 0.575. The molecule has 1 heterocycles. The highest BCUT2D eigenvalue weighted by Gasteiger charge is 2.01. The molecule has 1 aromatic heterocycles. The van der Waals surface area contributed by atoms with Crippen LogP contribution in [-0.4, -0.2) is 30.1 Å². The number of hydrogen-bond acceptors (Lipinski definition) is 4. The Bertz CT molecular complexity index is 349. The summed E-state index contributed by atoms with van der Waals surface area (Å²) in [5.41, 5.74) is 1.08. The summed E-state index contributed by atoms with van der Waals surface area (Å²) in [6.07, 6.45) is 6.88. The van der Waals surface area contributed by atoms with Gasteiger partial charge in [-0.2, -0.15) is 0 Å². The van der Waals surface area contributed by atoms with Crippen LogP contribution in [0.15, 0.2) is 18.3 Å². The maximum atomic E-state index is 5.16. The Kier molecular flexibility index (Phi) is 6.47. The Balaban J connectivity index is 2.24. The Morgan fingerprint density at radius 2 is 2.50 bits per heavy atom. The SMILES string of the molecule is C#CCSCCNCc1cccnc1OC. The third-order valence-electron chi connectivity index (χ3n) is 1.97. The fourth-order valence-corrected chi connectivity index (χ4v) is 1.79. The lowest BCUT2D eigenvalue weighted by Crippen LogP contribution is -2.17. The molecule has 1 N–H and O–H groups in total. The van der Waals surface area contributed by atoms with E-state index < -0.39 is 0 Å². The number of terminal acetylenes is 1. The van der Waals surface area contributed by atoms with Gasteiger partial charge >= 0.3 is 0 Å². The number of nitrogens with zero attached hydrogens (tertiary/aromatic N) is 1. The molecule has 0 saturated heterocycles. The van der Waals surface area contributed by atoms with Crippen molar-refractivity contribution in [2.24, 2.45) is 0 Å². The molecular formula is C12H16N2OS. The van der Waals surface area contributed by atoms with Gasteiger partial charge in [-0.05, 0) is 6.07 Å². The van der Waals surface area contributed by atoms with E-state index in [1.54, 1.807) is 25.1 Å². The number of rotatable bonds is 7. The van der Waals surface area contributed by atoms with Gasteiger partial charge in [-0.25, -0.2) is 4.98 Å². The zero-order valence-corrected chi connectivity index (χ0v) is 10.2. The van der Waals surface area contributed by atoms with Crippen LogP contribution in [0.4, 0.5) is 0 Å². The Labute approximate surface area is 101 Å². The van der Waals surface area contributed by atoms with Crippen molar-refractivity contribution >= 4 is 11.8 Å². The molecule has 4 heteroatoms. The Morgan fingerprint density at radius 3 is 3.25 bits per heavy atom.